The van der Waals surface area contributed by atoms with Gasteiger partial charge in [0.15, 0.2) is 0 Å². The van der Waals surface area contributed by atoms with Gasteiger partial charge < -0.3 is 54.2 Å². The lowest BCUT2D eigenvalue weighted by Crippen LogP contribution is -2.45. The van der Waals surface area contributed by atoms with Crippen LogP contribution in [0.2, 0.25) is 18.6 Å². The molecule has 0 aliphatic carbocycles. The summed E-state index contributed by atoms with van der Waals surface area (Å²) in [6, 6.07) is 1.16. The van der Waals surface area contributed by atoms with Crippen LogP contribution in [0, 0.1) is 0 Å². The minimum Gasteiger partial charge on any atom is -0.425 e. The van der Waals surface area contributed by atoms with Gasteiger partial charge in [-0.15, -0.1) is 0 Å². The molecule has 0 fully saturated rings. The lowest BCUT2D eigenvalue weighted by atomic mass is 10.2. The minimum atomic E-state index is -4.31. The molecule has 2 atom stereocenters. The van der Waals surface area contributed by atoms with E-state index in [9.17, 15) is 62.1 Å². The maximum Gasteiger partial charge on any atom is 0.468 e. The molecule has 38 heteroatoms. The summed E-state index contributed by atoms with van der Waals surface area (Å²) in [5.74, 6) is -2.11. The molecule has 2 unspecified atom stereocenters. The predicted molar refractivity (Wildman–Crippen MR) is 285 cm³/mol. The van der Waals surface area contributed by atoms with E-state index in [0.29, 0.717) is 90.6 Å². The summed E-state index contributed by atoms with van der Waals surface area (Å²) in [5.41, 5.74) is 0. The molecule has 0 aromatic heterocycles. The molecule has 0 bridgehead atoms. The average Bonchev–Trinajstić information content (AvgIpc) is 3.24. The molecular weight excluding hydrogens is 1130 g/mol. The molecule has 6 N–H and O–H groups in total. The highest BCUT2D eigenvalue weighted by atomic mass is 32.2. The third-order valence-corrected chi connectivity index (χ3v) is 31.2. The summed E-state index contributed by atoms with van der Waals surface area (Å²) in [6.45, 7) is 4.92. The van der Waals surface area contributed by atoms with Gasteiger partial charge in [-0.1, -0.05) is 6.55 Å². The third-order valence-electron chi connectivity index (χ3n) is 10.7. The third kappa shape index (κ3) is 38.9. The van der Waals surface area contributed by atoms with Crippen molar-refractivity contribution in [1.82, 2.24) is 19.6 Å². The number of aliphatic hydroxyl groups excluding tert-OH is 2. The Hall–Kier alpha value is 0.815. The Morgan fingerprint density at radius 2 is 0.725 bits per heavy atom. The second-order valence-corrected chi connectivity index (χ2v) is 36.2. The van der Waals surface area contributed by atoms with Crippen LogP contribution in [-0.2, 0) is 74.6 Å². The second-order valence-electron chi connectivity index (χ2n) is 16.3. The van der Waals surface area contributed by atoms with Crippen molar-refractivity contribution in [3.05, 3.63) is 0 Å². The van der Waals surface area contributed by atoms with Crippen LogP contribution in [0.1, 0.15) is 38.5 Å². The predicted octanol–water partition coefficient (Wildman–Crippen LogP) is -8.65. The summed E-state index contributed by atoms with van der Waals surface area (Å²) in [6.07, 6.45) is -0.655. The zero-order chi connectivity index (χ0) is 52.6. The van der Waals surface area contributed by atoms with Gasteiger partial charge in [-0.3, -0.25) is 28.0 Å². The van der Waals surface area contributed by atoms with Crippen LogP contribution in [0.25, 0.3) is 0 Å². The summed E-state index contributed by atoms with van der Waals surface area (Å²) in [7, 11) is -20.8. The molecular formula is C31H84N4O22S4Si8. The number of aliphatic hydroxyl groups is 2. The SMILES string of the molecule is C[SiH2]O[Si](CCCOCC(O)CN(CCCS(=O)(=O)O)CCN(CCCS(=O)(=O)O)CCN(CCCS(=O)(=O)O)CCN(CCCS(=O)(=O)O)CC(O)COCCC[Si](O[SiH3])(O[SiH3])O[SiH3])(O[SiH3])O[SiH3]. The minimum absolute atomic E-state index is 0.0344. The molecule has 0 heterocycles. The molecule has 0 radical (unpaired) electrons. The Morgan fingerprint density at radius 3 is 1.00 bits per heavy atom. The van der Waals surface area contributed by atoms with Crippen molar-refractivity contribution in [3.63, 3.8) is 0 Å². The number of ether oxygens (including phenoxy) is 2. The van der Waals surface area contributed by atoms with Crippen LogP contribution >= 0.6 is 0 Å². The molecule has 0 aliphatic heterocycles. The first-order valence-corrected chi connectivity index (χ1v) is 39.2. The fourth-order valence-electron chi connectivity index (χ4n) is 7.17. The van der Waals surface area contributed by atoms with Crippen LogP contribution in [-0.4, -0.2) is 302 Å². The second kappa shape index (κ2) is 37.5. The van der Waals surface area contributed by atoms with E-state index < -0.39 is 103 Å². The van der Waals surface area contributed by atoms with E-state index in [1.807, 2.05) is 16.3 Å². The van der Waals surface area contributed by atoms with Crippen LogP contribution in [0.5, 0.6) is 0 Å². The molecule has 0 saturated heterocycles. The standard InChI is InChI=1S/C31H84N4O22S4Si8/c1-67-57-69(55-65,56-66)25-7-19-51-29-31(37)27-35(11-5-23-61(47,48)49)17-15-33(9-3-21-59(41,42)43)13-12-32(8-2-20-58(38,39)40)14-16-34(10-4-22-60(44,45)46)26-30(36)28-50-18-6-24-68(52-62,53-63)54-64/h30-31,36-37H,2-29,67H2,1,62-66H3,(H,38,39,40)(H,41,42,43)(H,44,45,46)(H,47,48,49). The van der Waals surface area contributed by atoms with E-state index >= 15 is 0 Å². The van der Waals surface area contributed by atoms with Crippen molar-refractivity contribution in [1.29, 1.82) is 0 Å². The van der Waals surface area contributed by atoms with Gasteiger partial charge in [0.1, 0.15) is 62.2 Å². The van der Waals surface area contributed by atoms with Gasteiger partial charge >= 0.3 is 17.6 Å². The fourth-order valence-corrected chi connectivity index (χ4v) is 28.4. The summed E-state index contributed by atoms with van der Waals surface area (Å²) in [5, 5.41) is 21.9. The maximum atomic E-state index is 11.7. The first-order valence-electron chi connectivity index (χ1n) is 22.8. The molecule has 0 spiro atoms. The maximum absolute atomic E-state index is 11.7. The summed E-state index contributed by atoms with van der Waals surface area (Å²) >= 11 is 0. The topological polar surface area (TPSA) is 345 Å². The number of hydrogen-bond acceptors (Lipinski definition) is 22. The van der Waals surface area contributed by atoms with Gasteiger partial charge in [0.05, 0.1) is 48.4 Å². The Morgan fingerprint density at radius 1 is 0.449 bits per heavy atom. The fraction of sp³-hybridized carbons (Fsp3) is 1.00. The Kier molecular flexibility index (Phi) is 38.0. The molecule has 0 aromatic carbocycles. The molecule has 69 heavy (non-hydrogen) atoms. The van der Waals surface area contributed by atoms with E-state index in [-0.39, 0.29) is 117 Å². The normalized spacial score (nSPS) is 16.3. The molecule has 0 amide bonds. The quantitative estimate of drug-likeness (QED) is 0.0187. The highest BCUT2D eigenvalue weighted by Crippen LogP contribution is 2.16. The van der Waals surface area contributed by atoms with Crippen LogP contribution < -0.4 is 0 Å². The van der Waals surface area contributed by atoms with Crippen molar-refractivity contribution in [2.45, 2.75) is 69.4 Å². The average molecular weight is 1220 g/mol. The van der Waals surface area contributed by atoms with Crippen molar-refractivity contribution < 1.29 is 96.3 Å². The van der Waals surface area contributed by atoms with E-state index in [2.05, 4.69) is 0 Å². The lowest BCUT2D eigenvalue weighted by molar-refractivity contribution is 0.0138. The molecule has 0 rings (SSSR count). The zero-order valence-corrected chi connectivity index (χ0v) is 58.0. The van der Waals surface area contributed by atoms with Gasteiger partial charge in [0, 0.05) is 77.7 Å². The molecule has 0 aliphatic rings. The van der Waals surface area contributed by atoms with Gasteiger partial charge in [-0.25, -0.2) is 0 Å². The van der Waals surface area contributed by atoms with E-state index in [0.717, 1.165) is 0 Å². The first-order chi connectivity index (χ1) is 32.2. The molecule has 0 aromatic rings. The lowest BCUT2D eigenvalue weighted by Gasteiger charge is -2.32. The van der Waals surface area contributed by atoms with E-state index in [1.54, 1.807) is 9.80 Å². The smallest absolute Gasteiger partial charge is 0.425 e. The van der Waals surface area contributed by atoms with Crippen molar-refractivity contribution >= 4 is 120 Å². The number of hydrogen-bond donors (Lipinski definition) is 6. The van der Waals surface area contributed by atoms with Crippen molar-refractivity contribution in [2.75, 3.05) is 128 Å². The largest absolute Gasteiger partial charge is 0.468 e. The van der Waals surface area contributed by atoms with Gasteiger partial charge in [-0.2, -0.15) is 33.7 Å². The molecule has 26 nitrogen and oxygen atoms in total. The monoisotopic (exact) mass is 1220 g/mol. The van der Waals surface area contributed by atoms with E-state index in [1.165, 1.54) is 0 Å². The van der Waals surface area contributed by atoms with Crippen molar-refractivity contribution in [3.8, 4) is 0 Å². The van der Waals surface area contributed by atoms with Gasteiger partial charge in [-0.05, 0) is 64.7 Å². The van der Waals surface area contributed by atoms with Crippen LogP contribution in [0.15, 0.2) is 0 Å². The first kappa shape index (κ1) is 69.8. The van der Waals surface area contributed by atoms with E-state index in [4.69, 9.17) is 34.2 Å². The molecule has 0 saturated carbocycles. The van der Waals surface area contributed by atoms with Gasteiger partial charge in [0.2, 0.25) is 0 Å². The van der Waals surface area contributed by atoms with Crippen molar-refractivity contribution in [2.24, 2.45) is 0 Å². The Balaban J connectivity index is 6.09. The molecule has 416 valence electrons. The number of rotatable bonds is 48. The van der Waals surface area contributed by atoms with Gasteiger partial charge in [0.25, 0.3) is 40.5 Å². The highest BCUT2D eigenvalue weighted by molar-refractivity contribution is 7.86. The van der Waals surface area contributed by atoms with Crippen LogP contribution in [0.3, 0.4) is 0 Å². The zero-order valence-electron chi connectivity index (χ0n) is 41.3. The highest BCUT2D eigenvalue weighted by Gasteiger charge is 2.36. The summed E-state index contributed by atoms with van der Waals surface area (Å²) in [4.78, 5) is 7.36. The Bertz CT molecular complexity index is 1780. The van der Waals surface area contributed by atoms with Crippen LogP contribution in [0.4, 0.5) is 0 Å². The summed E-state index contributed by atoms with van der Waals surface area (Å²) < 4.78 is 176. The Labute approximate surface area is 430 Å². The number of nitrogens with zero attached hydrogens (tertiary/aromatic N) is 4.